The third-order valence-electron chi connectivity index (χ3n) is 2.78. The summed E-state index contributed by atoms with van der Waals surface area (Å²) in [4.78, 5) is 5.75. The minimum atomic E-state index is -0.420. The molecule has 0 atom stereocenters. The van der Waals surface area contributed by atoms with Crippen molar-refractivity contribution >= 4 is 17.3 Å². The van der Waals surface area contributed by atoms with E-state index >= 15 is 0 Å². The fraction of sp³-hybridized carbons (Fsp3) is 0.143. The molecule has 1 aromatic carbocycles. The number of halogens is 1. The van der Waals surface area contributed by atoms with Gasteiger partial charge in [0.2, 0.25) is 0 Å². The molecule has 0 fully saturated rings. The molecule has 0 amide bonds. The lowest BCUT2D eigenvalue weighted by Crippen LogP contribution is -2.25. The van der Waals surface area contributed by atoms with E-state index in [0.29, 0.717) is 13.0 Å². The van der Waals surface area contributed by atoms with Gasteiger partial charge in [-0.1, -0.05) is 23.4 Å². The second-order valence-corrected chi connectivity index (χ2v) is 4.14. The maximum Gasteiger partial charge on any atom is 0.169 e. The van der Waals surface area contributed by atoms with E-state index in [1.54, 1.807) is 4.90 Å². The van der Waals surface area contributed by atoms with Crippen molar-refractivity contribution < 1.29 is 9.60 Å². The summed E-state index contributed by atoms with van der Waals surface area (Å²) in [7, 11) is 0. The fourth-order valence-corrected chi connectivity index (χ4v) is 1.82. The fourth-order valence-electron chi connectivity index (χ4n) is 1.82. The number of pyridine rings is 1. The number of anilines is 2. The van der Waals surface area contributed by atoms with Crippen LogP contribution in [0, 0.1) is 5.82 Å². The highest BCUT2D eigenvalue weighted by Crippen LogP contribution is 2.25. The molecule has 3 N–H and O–H groups in total. The van der Waals surface area contributed by atoms with Crippen LogP contribution in [0.1, 0.15) is 6.42 Å². The molecule has 20 heavy (non-hydrogen) atoms. The Morgan fingerprint density at radius 1 is 1.25 bits per heavy atom. The topological polar surface area (TPSA) is 74.7 Å². The highest BCUT2D eigenvalue weighted by Gasteiger charge is 2.15. The van der Waals surface area contributed by atoms with Gasteiger partial charge in [-0.3, -0.25) is 0 Å². The number of aromatic nitrogens is 1. The van der Waals surface area contributed by atoms with Gasteiger partial charge in [0, 0.05) is 24.8 Å². The average molecular weight is 274 g/mol. The second-order valence-electron chi connectivity index (χ2n) is 4.14. The molecule has 2 rings (SSSR count). The predicted molar refractivity (Wildman–Crippen MR) is 75.7 cm³/mol. The third-order valence-corrected chi connectivity index (χ3v) is 2.78. The second kappa shape index (κ2) is 6.51. The van der Waals surface area contributed by atoms with Crippen molar-refractivity contribution in [2.75, 3.05) is 11.4 Å². The summed E-state index contributed by atoms with van der Waals surface area (Å²) in [5.74, 6) is -0.123. The summed E-state index contributed by atoms with van der Waals surface area (Å²) in [6.45, 7) is 0.355. The van der Waals surface area contributed by atoms with E-state index in [0.717, 1.165) is 5.69 Å². The minimum absolute atomic E-state index is 0.0854. The maximum absolute atomic E-state index is 13.9. The zero-order valence-electron chi connectivity index (χ0n) is 10.8. The Hall–Kier alpha value is -2.63. The Morgan fingerprint density at radius 3 is 2.65 bits per heavy atom. The lowest BCUT2D eigenvalue weighted by atomic mass is 10.2. The summed E-state index contributed by atoms with van der Waals surface area (Å²) in [6.07, 6.45) is 1.82. The lowest BCUT2D eigenvalue weighted by molar-refractivity contribution is 0.317. The number of para-hydroxylation sites is 1. The van der Waals surface area contributed by atoms with Crippen LogP contribution in [0.4, 0.5) is 15.9 Å². The Kier molecular flexibility index (Phi) is 4.49. The van der Waals surface area contributed by atoms with Gasteiger partial charge in [-0.15, -0.1) is 0 Å². The van der Waals surface area contributed by atoms with E-state index in [1.807, 2.05) is 30.3 Å². The number of rotatable bonds is 5. The largest absolute Gasteiger partial charge is 0.409 e. The molecule has 0 bridgehead atoms. The molecule has 1 heterocycles. The summed E-state index contributed by atoms with van der Waals surface area (Å²) in [5.41, 5.74) is 6.26. The van der Waals surface area contributed by atoms with Crippen molar-refractivity contribution in [1.29, 1.82) is 0 Å². The van der Waals surface area contributed by atoms with Gasteiger partial charge in [-0.25, -0.2) is 9.37 Å². The van der Waals surface area contributed by atoms with Crippen LogP contribution in [0.25, 0.3) is 0 Å². The van der Waals surface area contributed by atoms with Crippen LogP contribution in [0.5, 0.6) is 0 Å². The molecular formula is C14H15FN4O. The number of hydrogen-bond acceptors (Lipinski definition) is 4. The van der Waals surface area contributed by atoms with Crippen LogP contribution < -0.4 is 10.6 Å². The molecule has 0 radical (unpaired) electrons. The van der Waals surface area contributed by atoms with Gasteiger partial charge in [0.1, 0.15) is 5.84 Å². The smallest absolute Gasteiger partial charge is 0.169 e. The van der Waals surface area contributed by atoms with E-state index in [1.165, 1.54) is 18.3 Å². The molecular weight excluding hydrogens is 259 g/mol. The highest BCUT2D eigenvalue weighted by atomic mass is 19.1. The van der Waals surface area contributed by atoms with E-state index in [2.05, 4.69) is 10.1 Å². The van der Waals surface area contributed by atoms with Crippen LogP contribution in [-0.4, -0.2) is 22.6 Å². The molecule has 0 aliphatic heterocycles. The van der Waals surface area contributed by atoms with Crippen LogP contribution >= 0.6 is 0 Å². The van der Waals surface area contributed by atoms with Crippen molar-refractivity contribution in [3.63, 3.8) is 0 Å². The molecule has 0 spiro atoms. The van der Waals surface area contributed by atoms with E-state index in [9.17, 15) is 4.39 Å². The Bertz CT molecular complexity index is 589. The van der Waals surface area contributed by atoms with Gasteiger partial charge in [0.25, 0.3) is 0 Å². The van der Waals surface area contributed by atoms with Crippen molar-refractivity contribution in [2.24, 2.45) is 10.9 Å². The standard InChI is InChI=1S/C14H15FN4O/c15-12-7-4-9-17-14(12)19(10-8-13(16)18-20)11-5-2-1-3-6-11/h1-7,9,20H,8,10H2,(H2,16,18). The van der Waals surface area contributed by atoms with Crippen LogP contribution in [-0.2, 0) is 0 Å². The Labute approximate surface area is 116 Å². The van der Waals surface area contributed by atoms with Crippen LogP contribution in [0.3, 0.4) is 0 Å². The van der Waals surface area contributed by atoms with Crippen LogP contribution in [0.2, 0.25) is 0 Å². The van der Waals surface area contributed by atoms with Gasteiger partial charge >= 0.3 is 0 Å². The Balaban J connectivity index is 2.32. The maximum atomic E-state index is 13.9. The van der Waals surface area contributed by atoms with E-state index in [-0.39, 0.29) is 11.7 Å². The van der Waals surface area contributed by atoms with Gasteiger partial charge < -0.3 is 15.8 Å². The van der Waals surface area contributed by atoms with Crippen molar-refractivity contribution in [1.82, 2.24) is 4.98 Å². The molecule has 1 aromatic heterocycles. The molecule has 104 valence electrons. The molecule has 2 aromatic rings. The van der Waals surface area contributed by atoms with Gasteiger partial charge in [-0.2, -0.15) is 0 Å². The highest BCUT2D eigenvalue weighted by molar-refractivity contribution is 5.80. The number of nitrogens with zero attached hydrogens (tertiary/aromatic N) is 3. The Morgan fingerprint density at radius 2 is 2.00 bits per heavy atom. The van der Waals surface area contributed by atoms with Gasteiger partial charge in [-0.05, 0) is 24.3 Å². The van der Waals surface area contributed by atoms with Crippen molar-refractivity contribution in [3.8, 4) is 0 Å². The normalized spacial score (nSPS) is 11.3. The first-order valence-corrected chi connectivity index (χ1v) is 6.12. The first-order valence-electron chi connectivity index (χ1n) is 6.12. The zero-order valence-corrected chi connectivity index (χ0v) is 10.8. The first kappa shape index (κ1) is 13.8. The summed E-state index contributed by atoms with van der Waals surface area (Å²) in [6, 6.07) is 12.2. The molecule has 0 aliphatic carbocycles. The number of nitrogens with two attached hydrogens (primary N) is 1. The van der Waals surface area contributed by atoms with Gasteiger partial charge in [0.15, 0.2) is 11.6 Å². The van der Waals surface area contributed by atoms with Gasteiger partial charge in [0.05, 0.1) is 0 Å². The molecule has 0 unspecified atom stereocenters. The number of hydrogen-bond donors (Lipinski definition) is 2. The van der Waals surface area contributed by atoms with Crippen molar-refractivity contribution in [3.05, 3.63) is 54.5 Å². The van der Waals surface area contributed by atoms with Crippen LogP contribution in [0.15, 0.2) is 53.8 Å². The molecule has 6 heteroatoms. The molecule has 0 aliphatic rings. The first-order chi connectivity index (χ1) is 9.72. The lowest BCUT2D eigenvalue weighted by Gasteiger charge is -2.23. The van der Waals surface area contributed by atoms with E-state index < -0.39 is 5.82 Å². The SMILES string of the molecule is N/C(CCN(c1ccccc1)c1ncccc1F)=N/O. The minimum Gasteiger partial charge on any atom is -0.409 e. The van der Waals surface area contributed by atoms with E-state index in [4.69, 9.17) is 10.9 Å². The predicted octanol–water partition coefficient (Wildman–Crippen LogP) is 2.50. The third kappa shape index (κ3) is 3.23. The number of amidine groups is 1. The monoisotopic (exact) mass is 274 g/mol. The summed E-state index contributed by atoms with van der Waals surface area (Å²) < 4.78 is 13.9. The van der Waals surface area contributed by atoms with Crippen molar-refractivity contribution in [2.45, 2.75) is 6.42 Å². The summed E-state index contributed by atoms with van der Waals surface area (Å²) in [5, 5.41) is 11.5. The summed E-state index contributed by atoms with van der Waals surface area (Å²) >= 11 is 0. The number of benzene rings is 1. The quantitative estimate of drug-likeness (QED) is 0.380. The molecule has 0 saturated carbocycles. The average Bonchev–Trinajstić information content (AvgIpc) is 2.50. The molecule has 5 nitrogen and oxygen atoms in total. The number of oxime groups is 1. The molecule has 0 saturated heterocycles. The zero-order chi connectivity index (χ0) is 14.4.